The van der Waals surface area contributed by atoms with Crippen LogP contribution in [0.2, 0.25) is 0 Å². The van der Waals surface area contributed by atoms with Crippen LogP contribution in [0.4, 0.5) is 5.69 Å². The summed E-state index contributed by atoms with van der Waals surface area (Å²) in [6, 6.07) is 23.4. The third-order valence-corrected chi connectivity index (χ3v) is 7.21. The van der Waals surface area contributed by atoms with Crippen molar-refractivity contribution in [2.75, 3.05) is 25.0 Å². The molecule has 0 aliphatic rings. The first-order valence-electron chi connectivity index (χ1n) is 11.6. The first-order chi connectivity index (χ1) is 16.4. The van der Waals surface area contributed by atoms with Gasteiger partial charge < -0.3 is 10.1 Å². The molecule has 0 aliphatic heterocycles. The van der Waals surface area contributed by atoms with E-state index in [-0.39, 0.29) is 10.8 Å². The average molecular weight is 481 g/mol. The quantitative estimate of drug-likeness (QED) is 0.378. The molecule has 0 aromatic heterocycles. The molecular weight excluding hydrogens is 448 g/mol. The summed E-state index contributed by atoms with van der Waals surface area (Å²) in [4.78, 5) is 13.0. The number of anilines is 1. The number of hydrogen-bond acceptors (Lipinski definition) is 4. The standard InChI is InChI=1S/C27H32N2O4S/c1-3-18-29(19-4-2)34(31,32)26-15-13-24(14-16-26)28-27(30)23-11-8-12-25(21-23)33-20-17-22-9-6-5-7-10-22/h5-16,21H,3-4,17-20H2,1-2H3,(H,28,30). The van der Waals surface area contributed by atoms with Crippen molar-refractivity contribution < 1.29 is 17.9 Å². The lowest BCUT2D eigenvalue weighted by atomic mass is 10.1. The highest BCUT2D eigenvalue weighted by Gasteiger charge is 2.23. The minimum atomic E-state index is -3.55. The number of carbonyl (C=O) groups is 1. The van der Waals surface area contributed by atoms with E-state index in [1.54, 1.807) is 30.3 Å². The highest BCUT2D eigenvalue weighted by molar-refractivity contribution is 7.89. The Hall–Kier alpha value is -3.16. The van der Waals surface area contributed by atoms with Gasteiger partial charge in [-0.3, -0.25) is 4.79 Å². The van der Waals surface area contributed by atoms with Crippen molar-refractivity contribution in [3.05, 3.63) is 90.0 Å². The van der Waals surface area contributed by atoms with Crippen molar-refractivity contribution in [3.63, 3.8) is 0 Å². The fourth-order valence-corrected chi connectivity index (χ4v) is 5.20. The lowest BCUT2D eigenvalue weighted by molar-refractivity contribution is 0.102. The molecule has 0 atom stereocenters. The molecule has 3 aromatic rings. The summed E-state index contributed by atoms with van der Waals surface area (Å²) < 4.78 is 33.1. The fraction of sp³-hybridized carbons (Fsp3) is 0.296. The number of sulfonamides is 1. The van der Waals surface area contributed by atoms with Gasteiger partial charge >= 0.3 is 0 Å². The molecule has 0 heterocycles. The van der Waals surface area contributed by atoms with Crippen molar-refractivity contribution in [2.45, 2.75) is 38.0 Å². The molecule has 0 saturated carbocycles. The molecule has 7 heteroatoms. The molecule has 3 rings (SSSR count). The second-order valence-electron chi connectivity index (χ2n) is 7.99. The Morgan fingerprint density at radius 2 is 1.56 bits per heavy atom. The van der Waals surface area contributed by atoms with Gasteiger partial charge in [0.15, 0.2) is 0 Å². The van der Waals surface area contributed by atoms with E-state index >= 15 is 0 Å². The predicted octanol–water partition coefficient (Wildman–Crippen LogP) is 5.37. The van der Waals surface area contributed by atoms with Gasteiger partial charge in [-0.1, -0.05) is 50.2 Å². The van der Waals surface area contributed by atoms with Crippen molar-refractivity contribution in [1.29, 1.82) is 0 Å². The van der Waals surface area contributed by atoms with Gasteiger partial charge in [0.25, 0.3) is 5.91 Å². The SMILES string of the molecule is CCCN(CCC)S(=O)(=O)c1ccc(NC(=O)c2cccc(OCCc3ccccc3)c2)cc1. The number of amides is 1. The smallest absolute Gasteiger partial charge is 0.255 e. The zero-order valence-corrected chi connectivity index (χ0v) is 20.6. The number of carbonyl (C=O) groups excluding carboxylic acids is 1. The van der Waals surface area contributed by atoms with Crippen LogP contribution in [0.25, 0.3) is 0 Å². The molecule has 1 N–H and O–H groups in total. The topological polar surface area (TPSA) is 75.7 Å². The summed E-state index contributed by atoms with van der Waals surface area (Å²) in [5, 5.41) is 2.82. The Morgan fingerprint density at radius 1 is 0.882 bits per heavy atom. The van der Waals surface area contributed by atoms with Crippen LogP contribution in [-0.4, -0.2) is 38.3 Å². The summed E-state index contributed by atoms with van der Waals surface area (Å²) in [6.45, 7) is 5.40. The summed E-state index contributed by atoms with van der Waals surface area (Å²) in [6.07, 6.45) is 2.28. The van der Waals surface area contributed by atoms with Crippen LogP contribution in [0.1, 0.15) is 42.6 Å². The molecule has 0 radical (unpaired) electrons. The number of benzene rings is 3. The highest BCUT2D eigenvalue weighted by atomic mass is 32.2. The number of nitrogens with one attached hydrogen (secondary N) is 1. The average Bonchev–Trinajstić information content (AvgIpc) is 2.85. The molecule has 0 spiro atoms. The molecule has 34 heavy (non-hydrogen) atoms. The zero-order chi connectivity index (χ0) is 24.4. The van der Waals surface area contributed by atoms with Crippen LogP contribution in [0.3, 0.4) is 0 Å². The second kappa shape index (κ2) is 12.3. The van der Waals surface area contributed by atoms with Crippen molar-refractivity contribution in [1.82, 2.24) is 4.31 Å². The second-order valence-corrected chi connectivity index (χ2v) is 9.93. The van der Waals surface area contributed by atoms with E-state index in [4.69, 9.17) is 4.74 Å². The van der Waals surface area contributed by atoms with Gasteiger partial charge in [0.05, 0.1) is 11.5 Å². The van der Waals surface area contributed by atoms with Gasteiger partial charge in [0.1, 0.15) is 5.75 Å². The van der Waals surface area contributed by atoms with Crippen LogP contribution >= 0.6 is 0 Å². The van der Waals surface area contributed by atoms with E-state index in [1.807, 2.05) is 38.1 Å². The number of rotatable bonds is 12. The maximum absolute atomic E-state index is 12.9. The van der Waals surface area contributed by atoms with Gasteiger partial charge in [-0.15, -0.1) is 0 Å². The van der Waals surface area contributed by atoms with E-state index in [1.165, 1.54) is 22.0 Å². The molecule has 0 aliphatic carbocycles. The van der Waals surface area contributed by atoms with Crippen LogP contribution in [0.5, 0.6) is 5.75 Å². The molecule has 6 nitrogen and oxygen atoms in total. The Bertz CT molecular complexity index is 1160. The number of ether oxygens (including phenoxy) is 1. The molecule has 0 unspecified atom stereocenters. The summed E-state index contributed by atoms with van der Waals surface area (Å²) in [7, 11) is -3.55. The Balaban J connectivity index is 1.61. The molecule has 0 saturated heterocycles. The van der Waals surface area contributed by atoms with Crippen LogP contribution in [-0.2, 0) is 16.4 Å². The molecule has 180 valence electrons. The van der Waals surface area contributed by atoms with E-state index < -0.39 is 10.0 Å². The molecular formula is C27H32N2O4S. The minimum Gasteiger partial charge on any atom is -0.493 e. The zero-order valence-electron chi connectivity index (χ0n) is 19.7. The molecule has 0 fully saturated rings. The first-order valence-corrected chi connectivity index (χ1v) is 13.1. The maximum Gasteiger partial charge on any atom is 0.255 e. The van der Waals surface area contributed by atoms with E-state index in [2.05, 4.69) is 17.4 Å². The van der Waals surface area contributed by atoms with Gasteiger partial charge in [0.2, 0.25) is 10.0 Å². The minimum absolute atomic E-state index is 0.223. The summed E-state index contributed by atoms with van der Waals surface area (Å²) >= 11 is 0. The van der Waals surface area contributed by atoms with Gasteiger partial charge in [-0.05, 0) is 60.9 Å². The molecule has 0 bridgehead atoms. The third kappa shape index (κ3) is 6.92. The number of nitrogens with zero attached hydrogens (tertiary/aromatic N) is 1. The molecule has 1 amide bonds. The lowest BCUT2D eigenvalue weighted by Gasteiger charge is -2.21. The maximum atomic E-state index is 12.9. The van der Waals surface area contributed by atoms with Crippen molar-refractivity contribution >= 4 is 21.6 Å². The lowest BCUT2D eigenvalue weighted by Crippen LogP contribution is -2.32. The predicted molar refractivity (Wildman–Crippen MR) is 136 cm³/mol. The normalized spacial score (nSPS) is 11.4. The van der Waals surface area contributed by atoms with E-state index in [0.717, 1.165) is 19.3 Å². The fourth-order valence-electron chi connectivity index (χ4n) is 3.57. The van der Waals surface area contributed by atoms with Gasteiger partial charge in [0, 0.05) is 30.8 Å². The highest BCUT2D eigenvalue weighted by Crippen LogP contribution is 2.20. The van der Waals surface area contributed by atoms with Crippen LogP contribution in [0, 0.1) is 0 Å². The van der Waals surface area contributed by atoms with Crippen LogP contribution < -0.4 is 10.1 Å². The summed E-state index contributed by atoms with van der Waals surface area (Å²) in [5.41, 5.74) is 2.18. The third-order valence-electron chi connectivity index (χ3n) is 5.29. The van der Waals surface area contributed by atoms with Gasteiger partial charge in [-0.2, -0.15) is 4.31 Å². The van der Waals surface area contributed by atoms with Gasteiger partial charge in [-0.25, -0.2) is 8.42 Å². The Labute approximate surface area is 202 Å². The Kier molecular flexibility index (Phi) is 9.24. The monoisotopic (exact) mass is 480 g/mol. The largest absolute Gasteiger partial charge is 0.493 e. The summed E-state index contributed by atoms with van der Waals surface area (Å²) in [5.74, 6) is 0.333. The number of hydrogen-bond donors (Lipinski definition) is 1. The molecule has 3 aromatic carbocycles. The Morgan fingerprint density at radius 3 is 2.21 bits per heavy atom. The van der Waals surface area contributed by atoms with E-state index in [0.29, 0.717) is 36.7 Å². The van der Waals surface area contributed by atoms with Crippen molar-refractivity contribution in [2.24, 2.45) is 0 Å². The van der Waals surface area contributed by atoms with Crippen LogP contribution in [0.15, 0.2) is 83.8 Å². The van der Waals surface area contributed by atoms with E-state index in [9.17, 15) is 13.2 Å². The first kappa shape index (κ1) is 25.5. The van der Waals surface area contributed by atoms with Crippen molar-refractivity contribution in [3.8, 4) is 5.75 Å².